The van der Waals surface area contributed by atoms with Crippen molar-refractivity contribution >= 4 is 56.0 Å². The molecule has 0 unspecified atom stereocenters. The normalized spacial score (nSPS) is 14.5. The maximum Gasteiger partial charge on any atom is 0.295 e. The Morgan fingerprint density at radius 2 is 1.87 bits per heavy atom. The lowest BCUT2D eigenvalue weighted by atomic mass is 9.96. The standard InChI is InChI=1S/C19H22ClN5O4S2/c20-13-5-4-8-15(11-13)24-31(28,29)16-9-10-17(18(12-16)25(26)27)22-23-19(30)21-14-6-2-1-3-7-14/h4-5,8-12,14,22,24H,1-3,6-7H2,(H2,21,23,30). The number of benzene rings is 2. The molecular formula is C19H22ClN5O4S2. The molecule has 0 radical (unpaired) electrons. The summed E-state index contributed by atoms with van der Waals surface area (Å²) in [5.41, 5.74) is 5.34. The monoisotopic (exact) mass is 483 g/mol. The van der Waals surface area contributed by atoms with Crippen molar-refractivity contribution in [3.8, 4) is 0 Å². The Hall–Kier alpha value is -2.63. The fourth-order valence-electron chi connectivity index (χ4n) is 3.29. The van der Waals surface area contributed by atoms with Gasteiger partial charge in [0.1, 0.15) is 5.69 Å². The van der Waals surface area contributed by atoms with Gasteiger partial charge in [0.15, 0.2) is 5.11 Å². The fourth-order valence-corrected chi connectivity index (χ4v) is 4.77. The maximum absolute atomic E-state index is 12.6. The van der Waals surface area contributed by atoms with Gasteiger partial charge in [0, 0.05) is 17.1 Å². The largest absolute Gasteiger partial charge is 0.359 e. The zero-order chi connectivity index (χ0) is 22.4. The summed E-state index contributed by atoms with van der Waals surface area (Å²) in [4.78, 5) is 10.6. The highest BCUT2D eigenvalue weighted by Gasteiger charge is 2.22. The third-order valence-corrected chi connectivity index (χ3v) is 6.64. The van der Waals surface area contributed by atoms with Gasteiger partial charge >= 0.3 is 0 Å². The quantitative estimate of drug-likeness (QED) is 0.262. The summed E-state index contributed by atoms with van der Waals surface area (Å²) in [6, 6.07) is 9.98. The number of thiocarbonyl (C=S) groups is 1. The summed E-state index contributed by atoms with van der Waals surface area (Å²) in [6.07, 6.45) is 5.53. The second kappa shape index (κ2) is 10.1. The third kappa shape index (κ3) is 6.42. The third-order valence-electron chi connectivity index (χ3n) is 4.80. The molecule has 3 rings (SSSR count). The molecule has 166 valence electrons. The molecule has 1 aliphatic rings. The summed E-state index contributed by atoms with van der Waals surface area (Å²) >= 11 is 11.1. The number of sulfonamides is 1. The minimum atomic E-state index is -4.05. The van der Waals surface area contributed by atoms with Gasteiger partial charge in [-0.25, -0.2) is 8.42 Å². The van der Waals surface area contributed by atoms with Crippen LogP contribution >= 0.6 is 23.8 Å². The zero-order valence-electron chi connectivity index (χ0n) is 16.4. The van der Waals surface area contributed by atoms with Gasteiger partial charge in [0.25, 0.3) is 15.7 Å². The highest BCUT2D eigenvalue weighted by Crippen LogP contribution is 2.28. The van der Waals surface area contributed by atoms with E-state index in [0.29, 0.717) is 10.1 Å². The Morgan fingerprint density at radius 3 is 2.55 bits per heavy atom. The molecule has 12 heteroatoms. The first-order chi connectivity index (χ1) is 14.7. The van der Waals surface area contributed by atoms with E-state index in [1.807, 2.05) is 0 Å². The van der Waals surface area contributed by atoms with Crippen LogP contribution in [0.5, 0.6) is 0 Å². The number of nitrogens with zero attached hydrogens (tertiary/aromatic N) is 1. The summed E-state index contributed by atoms with van der Waals surface area (Å²) < 4.78 is 27.6. The predicted molar refractivity (Wildman–Crippen MR) is 125 cm³/mol. The van der Waals surface area contributed by atoms with E-state index in [-0.39, 0.29) is 22.3 Å². The van der Waals surface area contributed by atoms with Crippen LogP contribution < -0.4 is 20.9 Å². The van der Waals surface area contributed by atoms with E-state index in [4.69, 9.17) is 23.8 Å². The number of nitro groups is 1. The van der Waals surface area contributed by atoms with E-state index in [0.717, 1.165) is 31.7 Å². The van der Waals surface area contributed by atoms with Gasteiger partial charge in [0.05, 0.1) is 15.5 Å². The molecule has 0 aromatic heterocycles. The average molecular weight is 484 g/mol. The van der Waals surface area contributed by atoms with Gasteiger partial charge < -0.3 is 5.32 Å². The number of nitrogens with one attached hydrogen (secondary N) is 4. The molecule has 4 N–H and O–H groups in total. The van der Waals surface area contributed by atoms with Crippen molar-refractivity contribution in [2.45, 2.75) is 43.0 Å². The Labute approximate surface area is 190 Å². The van der Waals surface area contributed by atoms with E-state index in [2.05, 4.69) is 20.9 Å². The van der Waals surface area contributed by atoms with Gasteiger partial charge in [0.2, 0.25) is 0 Å². The van der Waals surface area contributed by atoms with Crippen molar-refractivity contribution in [1.82, 2.24) is 10.7 Å². The Kier molecular flexibility index (Phi) is 7.52. The Morgan fingerprint density at radius 1 is 1.13 bits per heavy atom. The summed E-state index contributed by atoms with van der Waals surface area (Å²) in [6.45, 7) is 0. The first kappa shape index (κ1) is 23.0. The van der Waals surface area contributed by atoms with Crippen molar-refractivity contribution in [1.29, 1.82) is 0 Å². The predicted octanol–water partition coefficient (Wildman–Crippen LogP) is 4.17. The van der Waals surface area contributed by atoms with Gasteiger partial charge in [-0.15, -0.1) is 0 Å². The van der Waals surface area contributed by atoms with Crippen LogP contribution in [0.2, 0.25) is 5.02 Å². The molecule has 0 atom stereocenters. The van der Waals surface area contributed by atoms with Gasteiger partial charge in [-0.3, -0.25) is 25.7 Å². The molecule has 0 saturated heterocycles. The highest BCUT2D eigenvalue weighted by molar-refractivity contribution is 7.92. The van der Waals surface area contributed by atoms with Crippen LogP contribution in [0.3, 0.4) is 0 Å². The van der Waals surface area contributed by atoms with Crippen LogP contribution in [0.15, 0.2) is 47.4 Å². The lowest BCUT2D eigenvalue weighted by Gasteiger charge is -2.24. The Balaban J connectivity index is 1.71. The molecule has 2 aromatic carbocycles. The van der Waals surface area contributed by atoms with Crippen LogP contribution in [-0.4, -0.2) is 24.5 Å². The number of halogens is 1. The molecule has 2 aromatic rings. The van der Waals surface area contributed by atoms with E-state index in [1.165, 1.54) is 30.7 Å². The molecule has 0 spiro atoms. The molecule has 1 aliphatic carbocycles. The van der Waals surface area contributed by atoms with E-state index >= 15 is 0 Å². The van der Waals surface area contributed by atoms with Crippen molar-refractivity contribution in [3.63, 3.8) is 0 Å². The van der Waals surface area contributed by atoms with E-state index in [1.54, 1.807) is 12.1 Å². The van der Waals surface area contributed by atoms with E-state index < -0.39 is 20.6 Å². The highest BCUT2D eigenvalue weighted by atomic mass is 35.5. The Bertz CT molecular complexity index is 1070. The summed E-state index contributed by atoms with van der Waals surface area (Å²) in [7, 11) is -4.05. The van der Waals surface area contributed by atoms with Crippen molar-refractivity contribution in [2.75, 3.05) is 10.1 Å². The number of nitro benzene ring substituents is 1. The average Bonchev–Trinajstić information content (AvgIpc) is 2.72. The molecule has 0 bridgehead atoms. The second-order valence-electron chi connectivity index (χ2n) is 7.11. The molecule has 1 saturated carbocycles. The lowest BCUT2D eigenvalue weighted by Crippen LogP contribution is -2.44. The number of anilines is 2. The van der Waals surface area contributed by atoms with Gasteiger partial charge in [-0.1, -0.05) is 36.9 Å². The minimum Gasteiger partial charge on any atom is -0.359 e. The number of hydrogen-bond donors (Lipinski definition) is 4. The van der Waals surface area contributed by atoms with Crippen LogP contribution in [0.1, 0.15) is 32.1 Å². The molecule has 31 heavy (non-hydrogen) atoms. The van der Waals surface area contributed by atoms with Crippen molar-refractivity contribution < 1.29 is 13.3 Å². The number of rotatable bonds is 7. The van der Waals surface area contributed by atoms with Crippen LogP contribution in [0.25, 0.3) is 0 Å². The van der Waals surface area contributed by atoms with Gasteiger partial charge in [-0.2, -0.15) is 0 Å². The topological polar surface area (TPSA) is 125 Å². The smallest absolute Gasteiger partial charge is 0.295 e. The van der Waals surface area contributed by atoms with Crippen LogP contribution in [0.4, 0.5) is 17.1 Å². The fraction of sp³-hybridized carbons (Fsp3) is 0.316. The molecule has 0 amide bonds. The van der Waals surface area contributed by atoms with Crippen molar-refractivity contribution in [2.24, 2.45) is 0 Å². The minimum absolute atomic E-state index is 0.0829. The molecule has 9 nitrogen and oxygen atoms in total. The second-order valence-corrected chi connectivity index (χ2v) is 9.64. The van der Waals surface area contributed by atoms with Gasteiger partial charge in [-0.05, 0) is 55.4 Å². The molecule has 0 heterocycles. The zero-order valence-corrected chi connectivity index (χ0v) is 18.8. The molecular weight excluding hydrogens is 462 g/mol. The maximum atomic E-state index is 12.6. The van der Waals surface area contributed by atoms with E-state index in [9.17, 15) is 18.5 Å². The number of hydrogen-bond acceptors (Lipinski definition) is 6. The SMILES string of the molecule is O=[N+]([O-])c1cc(S(=O)(=O)Nc2cccc(Cl)c2)ccc1NNC(=S)NC1CCCCC1. The van der Waals surface area contributed by atoms with Crippen molar-refractivity contribution in [3.05, 3.63) is 57.6 Å². The lowest BCUT2D eigenvalue weighted by molar-refractivity contribution is -0.384. The van der Waals surface area contributed by atoms with Crippen LogP contribution in [0, 0.1) is 10.1 Å². The number of hydrazine groups is 1. The molecule has 0 aliphatic heterocycles. The summed E-state index contributed by atoms with van der Waals surface area (Å²) in [5.74, 6) is 0. The molecule has 1 fully saturated rings. The summed E-state index contributed by atoms with van der Waals surface area (Å²) in [5, 5.41) is 15.4. The first-order valence-electron chi connectivity index (χ1n) is 9.64. The van der Waals surface area contributed by atoms with Crippen LogP contribution in [-0.2, 0) is 10.0 Å². The first-order valence-corrected chi connectivity index (χ1v) is 11.9.